The van der Waals surface area contributed by atoms with Crippen molar-refractivity contribution < 1.29 is 18.8 Å². The Bertz CT molecular complexity index is 833. The number of nitrogens with two attached hydrogens (primary N) is 1. The summed E-state index contributed by atoms with van der Waals surface area (Å²) in [6.07, 6.45) is 1.65. The average molecular weight is 398 g/mol. The van der Waals surface area contributed by atoms with Crippen LogP contribution in [-0.2, 0) is 9.53 Å². The fraction of sp³-hybridized carbons (Fsp3) is 0.353. The number of aryl methyl sites for hydroxylation is 1. The highest BCUT2D eigenvalue weighted by atomic mass is 35.5. The van der Waals surface area contributed by atoms with Gasteiger partial charge < -0.3 is 19.9 Å². The number of halogens is 2. The standard InChI is InChI=1S/C17H17Cl2N3O4/c1-9-15(16(20)26-21-9)17(24)25-8-14(23)22-6-2-3-13(22)10-4-5-11(18)12(19)7-10/h4-5,7,13H,2-3,6,8,20H2,1H3/t13-/m1/s1. The summed E-state index contributed by atoms with van der Waals surface area (Å²) in [7, 11) is 0. The maximum atomic E-state index is 12.5. The van der Waals surface area contributed by atoms with Crippen LogP contribution in [-0.4, -0.2) is 35.1 Å². The average Bonchev–Trinajstić information content (AvgIpc) is 3.22. The predicted molar refractivity (Wildman–Crippen MR) is 96.1 cm³/mol. The minimum absolute atomic E-state index is 0.0419. The molecule has 3 rings (SSSR count). The smallest absolute Gasteiger partial charge is 0.346 e. The van der Waals surface area contributed by atoms with Crippen molar-refractivity contribution >= 4 is 41.0 Å². The lowest BCUT2D eigenvalue weighted by Crippen LogP contribution is -2.34. The van der Waals surface area contributed by atoms with Crippen LogP contribution in [0.15, 0.2) is 22.7 Å². The summed E-state index contributed by atoms with van der Waals surface area (Å²) in [5.41, 5.74) is 6.80. The van der Waals surface area contributed by atoms with E-state index in [0.717, 1.165) is 18.4 Å². The Balaban J connectivity index is 1.67. The van der Waals surface area contributed by atoms with E-state index in [-0.39, 0.29) is 30.0 Å². The number of esters is 1. The van der Waals surface area contributed by atoms with E-state index in [1.165, 1.54) is 0 Å². The van der Waals surface area contributed by atoms with Gasteiger partial charge in [-0.25, -0.2) is 4.79 Å². The summed E-state index contributed by atoms with van der Waals surface area (Å²) in [5.74, 6) is -1.16. The molecule has 2 aromatic rings. The van der Waals surface area contributed by atoms with Crippen LogP contribution in [0, 0.1) is 6.92 Å². The van der Waals surface area contributed by atoms with E-state index in [9.17, 15) is 9.59 Å². The largest absolute Gasteiger partial charge is 0.452 e. The number of carbonyl (C=O) groups is 2. The van der Waals surface area contributed by atoms with Gasteiger partial charge in [0.2, 0.25) is 5.88 Å². The first kappa shape index (κ1) is 18.5. The first-order valence-corrected chi connectivity index (χ1v) is 8.77. The molecule has 1 saturated heterocycles. The van der Waals surface area contributed by atoms with Gasteiger partial charge in [-0.1, -0.05) is 34.4 Å². The fourth-order valence-corrected chi connectivity index (χ4v) is 3.36. The molecule has 0 saturated carbocycles. The lowest BCUT2D eigenvalue weighted by molar-refractivity contribution is -0.135. The molecule has 1 aliphatic heterocycles. The Morgan fingerprint density at radius 1 is 1.38 bits per heavy atom. The van der Waals surface area contributed by atoms with Gasteiger partial charge in [0, 0.05) is 6.54 Å². The first-order chi connectivity index (χ1) is 12.4. The molecule has 0 radical (unpaired) electrons. The van der Waals surface area contributed by atoms with Crippen molar-refractivity contribution in [2.75, 3.05) is 18.9 Å². The third-order valence-electron chi connectivity index (χ3n) is 4.32. The molecular weight excluding hydrogens is 381 g/mol. The van der Waals surface area contributed by atoms with Crippen molar-refractivity contribution in [1.82, 2.24) is 10.1 Å². The third kappa shape index (κ3) is 3.64. The molecule has 1 aliphatic rings. The van der Waals surface area contributed by atoms with E-state index in [2.05, 4.69) is 5.16 Å². The molecule has 1 fully saturated rings. The highest BCUT2D eigenvalue weighted by Gasteiger charge is 2.31. The zero-order chi connectivity index (χ0) is 18.8. The molecule has 26 heavy (non-hydrogen) atoms. The second-order valence-electron chi connectivity index (χ2n) is 6.00. The van der Waals surface area contributed by atoms with Crippen LogP contribution in [0.3, 0.4) is 0 Å². The van der Waals surface area contributed by atoms with Crippen LogP contribution in [0.1, 0.15) is 40.5 Å². The van der Waals surface area contributed by atoms with Crippen LogP contribution in [0.25, 0.3) is 0 Å². The van der Waals surface area contributed by atoms with Gasteiger partial charge in [0.15, 0.2) is 6.61 Å². The van der Waals surface area contributed by atoms with Gasteiger partial charge in [0.05, 0.1) is 21.8 Å². The van der Waals surface area contributed by atoms with E-state index in [4.69, 9.17) is 38.2 Å². The molecule has 7 nitrogen and oxygen atoms in total. The van der Waals surface area contributed by atoms with Crippen LogP contribution in [0.4, 0.5) is 5.88 Å². The normalized spacial score (nSPS) is 16.7. The summed E-state index contributed by atoms with van der Waals surface area (Å²) in [6.45, 7) is 1.76. The van der Waals surface area contributed by atoms with Gasteiger partial charge in [-0.2, -0.15) is 0 Å². The lowest BCUT2D eigenvalue weighted by atomic mass is 10.0. The number of hydrogen-bond donors (Lipinski definition) is 1. The SMILES string of the molecule is Cc1noc(N)c1C(=O)OCC(=O)N1CCC[C@@H]1c1ccc(Cl)c(Cl)c1. The fourth-order valence-electron chi connectivity index (χ4n) is 3.05. The van der Waals surface area contributed by atoms with E-state index < -0.39 is 5.97 Å². The Morgan fingerprint density at radius 2 is 2.15 bits per heavy atom. The molecule has 1 aromatic heterocycles. The van der Waals surface area contributed by atoms with Gasteiger partial charge in [-0.05, 0) is 37.5 Å². The maximum absolute atomic E-state index is 12.5. The molecule has 1 amide bonds. The molecule has 2 heterocycles. The molecule has 0 aliphatic carbocycles. The minimum Gasteiger partial charge on any atom is -0.452 e. The number of carbonyl (C=O) groups excluding carboxylic acids is 2. The zero-order valence-electron chi connectivity index (χ0n) is 14.0. The Kier molecular flexibility index (Phi) is 5.38. The summed E-state index contributed by atoms with van der Waals surface area (Å²) < 4.78 is 9.82. The number of likely N-dealkylation sites (tertiary alicyclic amines) is 1. The van der Waals surface area contributed by atoms with E-state index >= 15 is 0 Å². The van der Waals surface area contributed by atoms with E-state index in [1.54, 1.807) is 24.0 Å². The second kappa shape index (κ2) is 7.55. The Labute approximate surface area is 160 Å². The molecule has 138 valence electrons. The van der Waals surface area contributed by atoms with Gasteiger partial charge >= 0.3 is 5.97 Å². The van der Waals surface area contributed by atoms with Gasteiger partial charge in [0.1, 0.15) is 5.56 Å². The van der Waals surface area contributed by atoms with Crippen molar-refractivity contribution in [3.63, 3.8) is 0 Å². The van der Waals surface area contributed by atoms with Crippen LogP contribution in [0.2, 0.25) is 10.0 Å². The number of benzene rings is 1. The summed E-state index contributed by atoms with van der Waals surface area (Å²) in [6, 6.07) is 5.18. The van der Waals surface area contributed by atoms with Gasteiger partial charge in [-0.15, -0.1) is 0 Å². The Morgan fingerprint density at radius 3 is 2.81 bits per heavy atom. The highest BCUT2D eigenvalue weighted by Crippen LogP contribution is 2.35. The Hall–Kier alpha value is -2.25. The van der Waals surface area contributed by atoms with Crippen molar-refractivity contribution in [3.05, 3.63) is 45.1 Å². The molecule has 9 heteroatoms. The number of rotatable bonds is 4. The maximum Gasteiger partial charge on any atom is 0.346 e. The molecule has 0 spiro atoms. The van der Waals surface area contributed by atoms with Crippen LogP contribution in [0.5, 0.6) is 0 Å². The van der Waals surface area contributed by atoms with E-state index in [0.29, 0.717) is 22.3 Å². The second-order valence-corrected chi connectivity index (χ2v) is 6.82. The molecule has 0 bridgehead atoms. The lowest BCUT2D eigenvalue weighted by Gasteiger charge is -2.25. The minimum atomic E-state index is -0.736. The number of ether oxygens (including phenoxy) is 1. The third-order valence-corrected chi connectivity index (χ3v) is 5.06. The number of anilines is 1. The molecule has 2 N–H and O–H groups in total. The van der Waals surface area contributed by atoms with E-state index in [1.807, 2.05) is 6.07 Å². The number of hydrogen-bond acceptors (Lipinski definition) is 6. The predicted octanol–water partition coefficient (Wildman–Crippen LogP) is 3.39. The topological polar surface area (TPSA) is 98.7 Å². The van der Waals surface area contributed by atoms with Crippen LogP contribution >= 0.6 is 23.2 Å². The molecular formula is C17H17Cl2N3O4. The monoisotopic (exact) mass is 397 g/mol. The number of aromatic nitrogens is 1. The van der Waals surface area contributed by atoms with Crippen molar-refractivity contribution in [2.45, 2.75) is 25.8 Å². The van der Waals surface area contributed by atoms with Crippen molar-refractivity contribution in [1.29, 1.82) is 0 Å². The number of amides is 1. The summed E-state index contributed by atoms with van der Waals surface area (Å²) in [5, 5.41) is 4.49. The quantitative estimate of drug-likeness (QED) is 0.793. The first-order valence-electron chi connectivity index (χ1n) is 8.01. The van der Waals surface area contributed by atoms with Crippen molar-refractivity contribution in [3.8, 4) is 0 Å². The molecule has 1 aromatic carbocycles. The molecule has 0 unspecified atom stereocenters. The van der Waals surface area contributed by atoms with Crippen molar-refractivity contribution in [2.24, 2.45) is 0 Å². The number of nitrogen functional groups attached to an aromatic ring is 1. The highest BCUT2D eigenvalue weighted by molar-refractivity contribution is 6.42. The molecule has 1 atom stereocenters. The van der Waals surface area contributed by atoms with Gasteiger partial charge in [0.25, 0.3) is 5.91 Å². The summed E-state index contributed by atoms with van der Waals surface area (Å²) in [4.78, 5) is 26.3. The van der Waals surface area contributed by atoms with Gasteiger partial charge in [-0.3, -0.25) is 4.79 Å². The van der Waals surface area contributed by atoms with Crippen LogP contribution < -0.4 is 5.73 Å². The summed E-state index contributed by atoms with van der Waals surface area (Å²) >= 11 is 12.0. The number of nitrogens with zero attached hydrogens (tertiary/aromatic N) is 2. The zero-order valence-corrected chi connectivity index (χ0v) is 15.5.